The molecule has 11 atom stereocenters. The number of unbranched alkanes of at least 4 members (excludes halogenated alkanes) is 24. The minimum Gasteiger partial charge on any atom is -0.457 e. The van der Waals surface area contributed by atoms with Crippen molar-refractivity contribution in [3.05, 3.63) is 48.6 Å². The molecule has 14 nitrogen and oxygen atoms in total. The van der Waals surface area contributed by atoms with Crippen LogP contribution >= 0.6 is 0 Å². The van der Waals surface area contributed by atoms with E-state index in [-0.39, 0.29) is 25.6 Å². The van der Waals surface area contributed by atoms with Gasteiger partial charge in [0.15, 0.2) is 12.6 Å². The number of hydrogen-bond acceptors (Lipinski definition) is 14. The van der Waals surface area contributed by atoms with Crippen LogP contribution in [-0.4, -0.2) is 142 Å². The predicted molar refractivity (Wildman–Crippen MR) is 284 cm³/mol. The highest BCUT2D eigenvalue weighted by atomic mass is 16.7. The predicted octanol–water partition coefficient (Wildman–Crippen LogP) is 9.91. The first-order valence-electron chi connectivity index (χ1n) is 28.7. The number of rotatable bonds is 46. The molecule has 7 N–H and O–H groups in total. The van der Waals surface area contributed by atoms with Crippen molar-refractivity contribution in [2.45, 2.75) is 280 Å². The van der Waals surface area contributed by atoms with Crippen molar-refractivity contribution < 1.29 is 69.0 Å². The molecule has 420 valence electrons. The van der Waals surface area contributed by atoms with Crippen LogP contribution in [0.25, 0.3) is 0 Å². The van der Waals surface area contributed by atoms with E-state index in [2.05, 4.69) is 62.5 Å². The Morgan fingerprint density at radius 1 is 0.458 bits per heavy atom. The van der Waals surface area contributed by atoms with E-state index < -0.39 is 80.7 Å². The van der Waals surface area contributed by atoms with Crippen molar-refractivity contribution in [2.24, 2.45) is 0 Å². The number of hydrogen-bond donors (Lipinski definition) is 7. The lowest BCUT2D eigenvalue weighted by Crippen LogP contribution is -2.61. The van der Waals surface area contributed by atoms with Crippen molar-refractivity contribution in [2.75, 3.05) is 33.0 Å². The fourth-order valence-corrected chi connectivity index (χ4v) is 8.88. The number of ether oxygens (including phenoxy) is 6. The first-order chi connectivity index (χ1) is 35.1. The van der Waals surface area contributed by atoms with Gasteiger partial charge >= 0.3 is 5.97 Å². The smallest absolute Gasteiger partial charge is 0.306 e. The third kappa shape index (κ3) is 31.7. The summed E-state index contributed by atoms with van der Waals surface area (Å²) in [5, 5.41) is 72.2. The molecule has 0 aliphatic carbocycles. The van der Waals surface area contributed by atoms with Gasteiger partial charge in [0.05, 0.1) is 26.4 Å². The summed E-state index contributed by atoms with van der Waals surface area (Å²) in [6.45, 7) is 3.65. The number of aliphatic hydroxyl groups excluding tert-OH is 7. The molecule has 2 aliphatic rings. The molecule has 0 aromatic rings. The van der Waals surface area contributed by atoms with Crippen molar-refractivity contribution in [1.82, 2.24) is 0 Å². The van der Waals surface area contributed by atoms with Gasteiger partial charge in [0.25, 0.3) is 0 Å². The van der Waals surface area contributed by atoms with Crippen LogP contribution in [0.3, 0.4) is 0 Å². The largest absolute Gasteiger partial charge is 0.457 e. The molecule has 11 unspecified atom stereocenters. The molecule has 0 bridgehead atoms. The zero-order valence-corrected chi connectivity index (χ0v) is 44.9. The summed E-state index contributed by atoms with van der Waals surface area (Å²) in [5.74, 6) is -0.382. The van der Waals surface area contributed by atoms with E-state index in [9.17, 15) is 40.5 Å². The lowest BCUT2D eigenvalue weighted by molar-refractivity contribution is -0.332. The fraction of sp³-hybridized carbons (Fsp3) is 0.845. The van der Waals surface area contributed by atoms with Crippen molar-refractivity contribution in [3.63, 3.8) is 0 Å². The van der Waals surface area contributed by atoms with Gasteiger partial charge in [-0.2, -0.15) is 0 Å². The van der Waals surface area contributed by atoms with Crippen molar-refractivity contribution >= 4 is 5.97 Å². The molecule has 2 heterocycles. The Kier molecular flexibility index (Phi) is 41.4. The van der Waals surface area contributed by atoms with Crippen LogP contribution in [-0.2, 0) is 33.2 Å². The Labute approximate surface area is 435 Å². The van der Waals surface area contributed by atoms with Crippen LogP contribution in [0.15, 0.2) is 48.6 Å². The molecule has 2 rings (SSSR count). The quantitative estimate of drug-likeness (QED) is 0.0172. The molecular weight excluding hydrogens is 921 g/mol. The third-order valence-corrected chi connectivity index (χ3v) is 13.6. The summed E-state index contributed by atoms with van der Waals surface area (Å²) < 4.78 is 34.3. The third-order valence-electron chi connectivity index (χ3n) is 13.6. The molecule has 2 saturated heterocycles. The van der Waals surface area contributed by atoms with Gasteiger partial charge in [-0.1, -0.05) is 178 Å². The fourth-order valence-electron chi connectivity index (χ4n) is 8.88. The van der Waals surface area contributed by atoms with E-state index in [0.717, 1.165) is 64.2 Å². The Balaban J connectivity index is 1.69. The zero-order chi connectivity index (χ0) is 52.3. The summed E-state index contributed by atoms with van der Waals surface area (Å²) >= 11 is 0. The summed E-state index contributed by atoms with van der Waals surface area (Å²) in [6, 6.07) is 0. The maximum atomic E-state index is 13.1. The lowest BCUT2D eigenvalue weighted by Gasteiger charge is -2.42. The van der Waals surface area contributed by atoms with Crippen molar-refractivity contribution in [1.29, 1.82) is 0 Å². The number of carbonyl (C=O) groups excluding carboxylic acids is 1. The van der Waals surface area contributed by atoms with Gasteiger partial charge in [-0.3, -0.25) is 4.79 Å². The van der Waals surface area contributed by atoms with E-state index in [1.807, 2.05) is 0 Å². The summed E-state index contributed by atoms with van der Waals surface area (Å²) in [6.07, 6.45) is 37.4. The highest BCUT2D eigenvalue weighted by Crippen LogP contribution is 2.26. The second kappa shape index (κ2) is 45.2. The Bertz CT molecular complexity index is 1370. The Morgan fingerprint density at radius 2 is 0.861 bits per heavy atom. The first-order valence-corrected chi connectivity index (χ1v) is 28.7. The average Bonchev–Trinajstić information content (AvgIpc) is 3.38. The van der Waals surface area contributed by atoms with Gasteiger partial charge in [-0.05, 0) is 77.0 Å². The highest BCUT2D eigenvalue weighted by Gasteiger charge is 2.47. The number of aliphatic hydroxyl groups is 7. The summed E-state index contributed by atoms with van der Waals surface area (Å²) in [5.41, 5.74) is 0. The van der Waals surface area contributed by atoms with Crippen LogP contribution in [0, 0.1) is 0 Å². The Morgan fingerprint density at radius 3 is 1.39 bits per heavy atom. The van der Waals surface area contributed by atoms with Crippen LogP contribution in [0.4, 0.5) is 0 Å². The van der Waals surface area contributed by atoms with Crippen LogP contribution in [0.5, 0.6) is 0 Å². The molecule has 0 aromatic heterocycles. The highest BCUT2D eigenvalue weighted by molar-refractivity contribution is 5.69. The number of carbonyl (C=O) groups is 1. The SMILES string of the molecule is CCCCC/C=C\CCCCCCCCOCC(COC1OC(COC2OC(CO)C(O)C(O)C2O)C(O)C(O)C1O)OC(=O)CCCCCCCCCCCC/C=C\C/C=C\C/C=C\CCCCCCC. The van der Waals surface area contributed by atoms with E-state index in [1.54, 1.807) is 0 Å². The summed E-state index contributed by atoms with van der Waals surface area (Å²) in [7, 11) is 0. The topological polar surface area (TPSA) is 214 Å². The molecular formula is C58H104O14. The van der Waals surface area contributed by atoms with Crippen LogP contribution in [0.1, 0.15) is 213 Å². The molecule has 0 spiro atoms. The second-order valence-electron chi connectivity index (χ2n) is 20.1. The average molecular weight is 1030 g/mol. The normalized spacial score (nSPS) is 25.5. The van der Waals surface area contributed by atoms with E-state index in [4.69, 9.17) is 28.4 Å². The standard InChI is InChI=1S/C58H104O14/c1-3-5-7-9-11-13-15-17-18-19-20-21-22-23-24-25-26-27-28-29-31-33-35-37-39-41-50(60)70-47(44-67-42-40-38-36-34-32-30-16-14-12-10-8-6-4-2)45-68-57-56(66)54(64)52(62)49(72-57)46-69-58-55(65)53(63)51(61)48(43-59)71-58/h12,14-15,17,19-20,22-23,47-49,51-59,61-66H,3-11,13,16,18,21,24-46H2,1-2H3/b14-12-,17-15-,20-19-,23-22-. The lowest BCUT2D eigenvalue weighted by atomic mass is 9.98. The Hall–Kier alpha value is -2.05. The molecule has 2 aliphatic heterocycles. The molecule has 0 saturated carbocycles. The maximum Gasteiger partial charge on any atom is 0.306 e. The minimum absolute atomic E-state index is 0.0555. The van der Waals surface area contributed by atoms with Gasteiger partial charge in [0, 0.05) is 13.0 Å². The summed E-state index contributed by atoms with van der Waals surface area (Å²) in [4.78, 5) is 13.1. The zero-order valence-electron chi connectivity index (χ0n) is 44.9. The van der Waals surface area contributed by atoms with Crippen LogP contribution < -0.4 is 0 Å². The molecule has 14 heteroatoms. The van der Waals surface area contributed by atoms with E-state index in [1.165, 1.54) is 122 Å². The van der Waals surface area contributed by atoms with Gasteiger partial charge in [-0.15, -0.1) is 0 Å². The molecule has 0 radical (unpaired) electrons. The molecule has 0 aromatic carbocycles. The van der Waals surface area contributed by atoms with E-state index >= 15 is 0 Å². The molecule has 0 amide bonds. The maximum absolute atomic E-state index is 13.1. The number of esters is 1. The van der Waals surface area contributed by atoms with E-state index in [0.29, 0.717) is 13.0 Å². The molecule has 72 heavy (non-hydrogen) atoms. The van der Waals surface area contributed by atoms with Crippen molar-refractivity contribution in [3.8, 4) is 0 Å². The second-order valence-corrected chi connectivity index (χ2v) is 20.1. The minimum atomic E-state index is -1.71. The first kappa shape index (κ1) is 66.1. The van der Waals surface area contributed by atoms with Gasteiger partial charge in [-0.25, -0.2) is 0 Å². The number of allylic oxidation sites excluding steroid dienone is 8. The monoisotopic (exact) mass is 1020 g/mol. The van der Waals surface area contributed by atoms with Gasteiger partial charge in [0.2, 0.25) is 0 Å². The molecule has 2 fully saturated rings. The van der Waals surface area contributed by atoms with Gasteiger partial charge in [0.1, 0.15) is 54.9 Å². The van der Waals surface area contributed by atoms with Crippen LogP contribution in [0.2, 0.25) is 0 Å². The van der Waals surface area contributed by atoms with Gasteiger partial charge < -0.3 is 64.2 Å².